The number of hydrogen-bond donors (Lipinski definition) is 0. The molecule has 1 aliphatic heterocycles. The van der Waals surface area contributed by atoms with Gasteiger partial charge >= 0.3 is 0 Å². The summed E-state index contributed by atoms with van der Waals surface area (Å²) in [6.07, 6.45) is 2.32. The van der Waals surface area contributed by atoms with Gasteiger partial charge in [-0.2, -0.15) is 0 Å². The monoisotopic (exact) mass is 327 g/mol. The van der Waals surface area contributed by atoms with E-state index in [0.717, 1.165) is 23.1 Å². The van der Waals surface area contributed by atoms with Crippen LogP contribution in [0.3, 0.4) is 0 Å². The number of ether oxygens (including phenoxy) is 1. The average Bonchev–Trinajstić information content (AvgIpc) is 2.85. The van der Waals surface area contributed by atoms with Crippen molar-refractivity contribution >= 4 is 22.2 Å². The normalized spacial score (nSPS) is 16.9. The van der Waals surface area contributed by atoms with Crippen LogP contribution in [0.25, 0.3) is 22.2 Å². The summed E-state index contributed by atoms with van der Waals surface area (Å²) in [7, 11) is 0. The molecule has 1 aliphatic rings. The Hall–Kier alpha value is -2.21. The van der Waals surface area contributed by atoms with Crippen molar-refractivity contribution in [1.29, 1.82) is 0 Å². The molecule has 4 rings (SSSR count). The quantitative estimate of drug-likeness (QED) is 0.723. The fourth-order valence-corrected chi connectivity index (χ4v) is 3.20. The molecular weight excluding hydrogens is 306 g/mol. The molecule has 0 aromatic carbocycles. The number of nitrogens with zero attached hydrogens (tertiary/aromatic N) is 3. The van der Waals surface area contributed by atoms with Gasteiger partial charge in [0.1, 0.15) is 5.52 Å². The highest BCUT2D eigenvalue weighted by Gasteiger charge is 2.28. The second-order valence-corrected chi connectivity index (χ2v) is 7.55. The van der Waals surface area contributed by atoms with Gasteiger partial charge in [0.05, 0.1) is 29.6 Å². The van der Waals surface area contributed by atoms with Crippen molar-refractivity contribution in [2.75, 3.05) is 0 Å². The van der Waals surface area contributed by atoms with Crippen LogP contribution >= 0.6 is 0 Å². The molecule has 6 heteroatoms. The maximum Gasteiger partial charge on any atom is 0.297 e. The van der Waals surface area contributed by atoms with E-state index in [1.54, 1.807) is 10.9 Å². The van der Waals surface area contributed by atoms with Crippen LogP contribution < -0.4 is 5.56 Å². The smallest absolute Gasteiger partial charge is 0.297 e. The van der Waals surface area contributed by atoms with Crippen LogP contribution in [0.15, 0.2) is 21.6 Å². The fraction of sp³-hybridized carbons (Fsp3) is 0.500. The summed E-state index contributed by atoms with van der Waals surface area (Å²) in [6.45, 7) is 9.35. The van der Waals surface area contributed by atoms with Crippen molar-refractivity contribution in [3.8, 4) is 0 Å². The molecule has 3 aromatic rings. The zero-order valence-electron chi connectivity index (χ0n) is 14.4. The third-order valence-electron chi connectivity index (χ3n) is 4.38. The molecule has 0 bridgehead atoms. The zero-order valence-corrected chi connectivity index (χ0v) is 14.4. The average molecular weight is 327 g/mol. The first kappa shape index (κ1) is 15.3. The fourth-order valence-electron chi connectivity index (χ4n) is 3.20. The maximum absolute atomic E-state index is 12.6. The molecule has 0 radical (unpaired) electrons. The lowest BCUT2D eigenvalue weighted by molar-refractivity contribution is -0.0411. The Balaban J connectivity index is 1.92. The predicted octanol–water partition coefficient (Wildman–Crippen LogP) is 3.05. The Bertz CT molecular complexity index is 998. The van der Waals surface area contributed by atoms with Crippen LogP contribution in [-0.2, 0) is 24.3 Å². The largest absolute Gasteiger partial charge is 0.430 e. The van der Waals surface area contributed by atoms with Gasteiger partial charge in [-0.1, -0.05) is 13.8 Å². The van der Waals surface area contributed by atoms with Crippen molar-refractivity contribution in [1.82, 2.24) is 14.5 Å². The third-order valence-corrected chi connectivity index (χ3v) is 4.38. The highest BCUT2D eigenvalue weighted by atomic mass is 16.5. The minimum atomic E-state index is -0.234. The molecule has 0 saturated heterocycles. The summed E-state index contributed by atoms with van der Waals surface area (Å²) in [5.74, 6) is 0.358. The van der Waals surface area contributed by atoms with Gasteiger partial charge in [0.2, 0.25) is 11.3 Å². The second kappa shape index (κ2) is 5.14. The van der Waals surface area contributed by atoms with Gasteiger partial charge in [0, 0.05) is 18.5 Å². The Morgan fingerprint density at radius 3 is 2.92 bits per heavy atom. The Labute approximate surface area is 139 Å². The molecule has 0 spiro atoms. The van der Waals surface area contributed by atoms with E-state index in [2.05, 4.69) is 23.8 Å². The van der Waals surface area contributed by atoms with Gasteiger partial charge in [-0.15, -0.1) is 0 Å². The Kier molecular flexibility index (Phi) is 3.28. The molecule has 24 heavy (non-hydrogen) atoms. The summed E-state index contributed by atoms with van der Waals surface area (Å²) in [5, 5.41) is 0.779. The molecular formula is C18H21N3O3. The summed E-state index contributed by atoms with van der Waals surface area (Å²) in [5.41, 5.74) is 2.97. The van der Waals surface area contributed by atoms with Crippen LogP contribution in [0, 0.1) is 5.92 Å². The lowest BCUT2D eigenvalue weighted by atomic mass is 9.95. The van der Waals surface area contributed by atoms with Crippen LogP contribution in [0.5, 0.6) is 0 Å². The first-order valence-corrected chi connectivity index (χ1v) is 8.28. The minimum absolute atomic E-state index is 0.152. The van der Waals surface area contributed by atoms with Gasteiger partial charge in [-0.3, -0.25) is 9.36 Å². The Morgan fingerprint density at radius 1 is 1.38 bits per heavy atom. The molecule has 126 valence electrons. The van der Waals surface area contributed by atoms with E-state index in [-0.39, 0.29) is 16.7 Å². The van der Waals surface area contributed by atoms with E-state index in [1.807, 2.05) is 19.9 Å². The molecule has 6 nitrogen and oxygen atoms in total. The molecule has 0 saturated carbocycles. The Morgan fingerprint density at radius 2 is 2.17 bits per heavy atom. The number of aromatic nitrogens is 3. The molecule has 0 amide bonds. The maximum atomic E-state index is 12.6. The molecule has 3 aromatic heterocycles. The summed E-state index contributed by atoms with van der Waals surface area (Å²) < 4.78 is 13.2. The minimum Gasteiger partial charge on any atom is -0.430 e. The number of furan rings is 1. The lowest BCUT2D eigenvalue weighted by Gasteiger charge is -2.30. The predicted molar refractivity (Wildman–Crippen MR) is 91.0 cm³/mol. The van der Waals surface area contributed by atoms with Gasteiger partial charge in [0.15, 0.2) is 0 Å². The standard InChI is InChI=1S/C18H21N3O3/c1-10(2)7-21-9-19-14-12-5-11-8-23-18(3,4)6-13(11)20-16(12)24-15(14)17(21)22/h5,9-10H,6-8H2,1-4H3. The van der Waals surface area contributed by atoms with Crippen LogP contribution in [0.2, 0.25) is 0 Å². The van der Waals surface area contributed by atoms with Crippen LogP contribution in [-0.4, -0.2) is 20.1 Å². The number of pyridine rings is 1. The lowest BCUT2D eigenvalue weighted by Crippen LogP contribution is -2.32. The summed E-state index contributed by atoms with van der Waals surface area (Å²) in [6, 6.07) is 2.00. The van der Waals surface area contributed by atoms with E-state index in [1.165, 1.54) is 0 Å². The number of hydrogen-bond acceptors (Lipinski definition) is 5. The van der Waals surface area contributed by atoms with Crippen molar-refractivity contribution in [2.45, 2.75) is 52.9 Å². The summed E-state index contributed by atoms with van der Waals surface area (Å²) in [4.78, 5) is 21.7. The van der Waals surface area contributed by atoms with Gasteiger partial charge < -0.3 is 9.15 Å². The molecule has 0 atom stereocenters. The highest BCUT2D eigenvalue weighted by molar-refractivity contribution is 6.00. The van der Waals surface area contributed by atoms with Crippen LogP contribution in [0.4, 0.5) is 0 Å². The van der Waals surface area contributed by atoms with Gasteiger partial charge in [-0.05, 0) is 25.8 Å². The number of rotatable bonds is 2. The van der Waals surface area contributed by atoms with Gasteiger partial charge in [0.25, 0.3) is 5.56 Å². The van der Waals surface area contributed by atoms with Crippen molar-refractivity contribution in [3.05, 3.63) is 34.0 Å². The molecule has 0 aliphatic carbocycles. The zero-order chi connectivity index (χ0) is 17.1. The molecule has 0 fully saturated rings. The van der Waals surface area contributed by atoms with E-state index in [0.29, 0.717) is 30.3 Å². The van der Waals surface area contributed by atoms with E-state index in [4.69, 9.17) is 9.15 Å². The molecule has 0 N–H and O–H groups in total. The van der Waals surface area contributed by atoms with Gasteiger partial charge in [-0.25, -0.2) is 9.97 Å². The van der Waals surface area contributed by atoms with Crippen molar-refractivity contribution < 1.29 is 9.15 Å². The SMILES string of the molecule is CC(C)Cn1cnc2c(oc3nc4c(cc32)COC(C)(C)C4)c1=O. The first-order chi connectivity index (χ1) is 11.3. The van der Waals surface area contributed by atoms with Crippen molar-refractivity contribution in [3.63, 3.8) is 0 Å². The number of fused-ring (bicyclic) bond motifs is 4. The van der Waals surface area contributed by atoms with Crippen molar-refractivity contribution in [2.24, 2.45) is 5.92 Å². The van der Waals surface area contributed by atoms with Crippen LogP contribution in [0.1, 0.15) is 39.0 Å². The summed E-state index contributed by atoms with van der Waals surface area (Å²) >= 11 is 0. The molecule has 4 heterocycles. The first-order valence-electron chi connectivity index (χ1n) is 8.28. The highest BCUT2D eigenvalue weighted by Crippen LogP contribution is 2.31. The van der Waals surface area contributed by atoms with E-state index in [9.17, 15) is 4.79 Å². The molecule has 0 unspecified atom stereocenters. The third kappa shape index (κ3) is 2.41. The van der Waals surface area contributed by atoms with E-state index >= 15 is 0 Å². The topological polar surface area (TPSA) is 70.2 Å². The second-order valence-electron chi connectivity index (χ2n) is 7.55. The van der Waals surface area contributed by atoms with E-state index < -0.39 is 0 Å².